The molecule has 1 saturated carbocycles. The number of carbonyl (C=O) groups excluding carboxylic acids is 5. The average Bonchev–Trinajstić information content (AvgIpc) is 3.79. The first-order valence-corrected chi connectivity index (χ1v) is 17.7. The van der Waals surface area contributed by atoms with Gasteiger partial charge in [-0.05, 0) is 63.6 Å². The number of primary amides is 1. The van der Waals surface area contributed by atoms with E-state index in [-0.39, 0.29) is 43.8 Å². The molecule has 2 heterocycles. The third kappa shape index (κ3) is 10.5. The molecule has 1 aliphatic heterocycles. The van der Waals surface area contributed by atoms with E-state index in [1.54, 1.807) is 38.1 Å². The maximum Gasteiger partial charge on any atom is 0.404 e. The number of aliphatic hydroxyl groups is 1. The molecule has 17 heteroatoms. The Labute approximate surface area is 302 Å². The molecular weight excluding hydrogens is 676 g/mol. The summed E-state index contributed by atoms with van der Waals surface area (Å²) in [5, 5.41) is 35.6. The molecule has 4 rings (SSSR count). The number of hydrogen-bond donors (Lipinski definition) is 6. The smallest absolute Gasteiger partial charge is 0.404 e. The van der Waals surface area contributed by atoms with Crippen LogP contribution in [-0.2, 0) is 24.8 Å². The standard InChI is InChI=1S/C35H50N8O9/c1-35(2,51)28-19-38-41-43(28)23-18-27(32(47)39-25(29(44)30(36)45)14-7-8-15-37-34(49)50)42(20-23)33(48)26(16-21-10-5-4-6-11-21)40-31(46)22-12-9-13-24(17-22)52-3/h9,12-13,17,19,21,23,25-27,37,51H,4-8,10-11,14-16,18,20H2,1-3H3,(H2,36,45)(H,39,47)(H,40,46)(H,49,50)/t23-,25?,26?,27-/m0/s1. The number of unbranched alkanes of at least 4 members (excludes halogenated alkanes) is 1. The molecule has 4 atom stereocenters. The van der Waals surface area contributed by atoms with E-state index in [0.29, 0.717) is 24.3 Å². The molecule has 2 fully saturated rings. The number of nitrogens with zero attached hydrogens (tertiary/aromatic N) is 4. The van der Waals surface area contributed by atoms with E-state index >= 15 is 0 Å². The highest BCUT2D eigenvalue weighted by molar-refractivity contribution is 6.37. The molecule has 1 saturated heterocycles. The number of aromatic nitrogens is 3. The molecular formula is C35H50N8O9. The molecule has 284 valence electrons. The fourth-order valence-electron chi connectivity index (χ4n) is 7.00. The fraction of sp³-hybridized carbons (Fsp3) is 0.600. The van der Waals surface area contributed by atoms with Crippen molar-refractivity contribution in [1.29, 1.82) is 0 Å². The zero-order valence-corrected chi connectivity index (χ0v) is 29.9. The number of nitrogens with one attached hydrogen (secondary N) is 3. The molecule has 17 nitrogen and oxygen atoms in total. The van der Waals surface area contributed by atoms with Crippen molar-refractivity contribution < 1.29 is 43.7 Å². The van der Waals surface area contributed by atoms with Crippen molar-refractivity contribution in [3.8, 4) is 5.75 Å². The van der Waals surface area contributed by atoms with Gasteiger partial charge in [0.15, 0.2) is 0 Å². The zero-order chi connectivity index (χ0) is 38.0. The van der Waals surface area contributed by atoms with Crippen LogP contribution in [0.15, 0.2) is 30.5 Å². The van der Waals surface area contributed by atoms with Gasteiger partial charge in [-0.2, -0.15) is 0 Å². The number of likely N-dealkylation sites (tertiary alicyclic amines) is 1. The largest absolute Gasteiger partial charge is 0.497 e. The molecule has 0 bridgehead atoms. The minimum absolute atomic E-state index is 0.00820. The Bertz CT molecular complexity index is 1600. The monoisotopic (exact) mass is 726 g/mol. The number of amides is 5. The van der Waals surface area contributed by atoms with Crippen LogP contribution < -0.4 is 26.4 Å². The lowest BCUT2D eigenvalue weighted by molar-refractivity contribution is -0.142. The highest BCUT2D eigenvalue weighted by atomic mass is 16.5. The van der Waals surface area contributed by atoms with Gasteiger partial charge in [0.25, 0.3) is 11.8 Å². The van der Waals surface area contributed by atoms with Crippen molar-refractivity contribution in [2.24, 2.45) is 11.7 Å². The number of hydrogen-bond acceptors (Lipinski definition) is 10. The Morgan fingerprint density at radius 3 is 2.44 bits per heavy atom. The van der Waals surface area contributed by atoms with Crippen LogP contribution in [0.4, 0.5) is 4.79 Å². The van der Waals surface area contributed by atoms with E-state index in [0.717, 1.165) is 32.1 Å². The van der Waals surface area contributed by atoms with E-state index in [4.69, 9.17) is 15.6 Å². The van der Waals surface area contributed by atoms with Crippen molar-refractivity contribution in [1.82, 2.24) is 35.8 Å². The number of Topliss-reactive ketones (excluding diaryl/α,β-unsaturated/α-hetero) is 1. The molecule has 2 unspecified atom stereocenters. The van der Waals surface area contributed by atoms with Crippen molar-refractivity contribution in [3.05, 3.63) is 41.7 Å². The quantitative estimate of drug-likeness (QED) is 0.100. The van der Waals surface area contributed by atoms with Gasteiger partial charge in [-0.1, -0.05) is 43.4 Å². The maximum atomic E-state index is 14.7. The second-order valence-corrected chi connectivity index (χ2v) is 14.0. The summed E-state index contributed by atoms with van der Waals surface area (Å²) in [6.07, 6.45) is 6.00. The predicted octanol–water partition coefficient (Wildman–Crippen LogP) is 1.40. The van der Waals surface area contributed by atoms with Crippen LogP contribution in [0.5, 0.6) is 5.75 Å². The highest BCUT2D eigenvalue weighted by Gasteiger charge is 2.45. The van der Waals surface area contributed by atoms with Crippen LogP contribution >= 0.6 is 0 Å². The number of rotatable bonds is 17. The lowest BCUT2D eigenvalue weighted by Gasteiger charge is -2.32. The number of benzene rings is 1. The number of ether oxygens (including phenoxy) is 1. The minimum Gasteiger partial charge on any atom is -0.497 e. The van der Waals surface area contributed by atoms with Gasteiger partial charge >= 0.3 is 6.09 Å². The number of ketones is 1. The van der Waals surface area contributed by atoms with Crippen LogP contribution in [0.2, 0.25) is 0 Å². The Morgan fingerprint density at radius 1 is 1.06 bits per heavy atom. The fourth-order valence-corrected chi connectivity index (χ4v) is 7.00. The summed E-state index contributed by atoms with van der Waals surface area (Å²) >= 11 is 0. The normalized spacial score (nSPS) is 19.0. The van der Waals surface area contributed by atoms with Gasteiger partial charge in [0.05, 0.1) is 31.1 Å². The van der Waals surface area contributed by atoms with Crippen molar-refractivity contribution in [3.63, 3.8) is 0 Å². The highest BCUT2D eigenvalue weighted by Crippen LogP contribution is 2.33. The van der Waals surface area contributed by atoms with Gasteiger partial charge in [-0.3, -0.25) is 24.0 Å². The summed E-state index contributed by atoms with van der Waals surface area (Å²) in [7, 11) is 1.48. The third-order valence-corrected chi connectivity index (χ3v) is 9.71. The minimum atomic E-state index is -1.36. The maximum absolute atomic E-state index is 14.7. The first-order chi connectivity index (χ1) is 24.7. The Hall–Kier alpha value is -5.06. The van der Waals surface area contributed by atoms with Gasteiger partial charge in [-0.15, -0.1) is 5.10 Å². The SMILES string of the molecule is COc1cccc(C(=O)NC(CC2CCCCC2)C(=O)N2C[C@@H](n3nncc3C(C)(C)O)C[C@H]2C(=O)NC(CCCCNC(=O)O)C(=O)C(N)=O)c1. The molecule has 5 amide bonds. The number of nitrogens with two attached hydrogens (primary N) is 1. The van der Waals surface area contributed by atoms with Gasteiger partial charge in [0.1, 0.15) is 23.4 Å². The molecule has 2 aliphatic rings. The van der Waals surface area contributed by atoms with Crippen LogP contribution in [0, 0.1) is 5.92 Å². The first kappa shape index (κ1) is 39.7. The lowest BCUT2D eigenvalue weighted by Crippen LogP contribution is -2.56. The van der Waals surface area contributed by atoms with Crippen LogP contribution in [0.1, 0.15) is 100 Å². The van der Waals surface area contributed by atoms with E-state index in [1.807, 2.05) is 0 Å². The van der Waals surface area contributed by atoms with E-state index in [2.05, 4.69) is 26.3 Å². The second-order valence-electron chi connectivity index (χ2n) is 14.0. The number of carboxylic acid groups (broad SMARTS) is 1. The van der Waals surface area contributed by atoms with Crippen molar-refractivity contribution in [2.75, 3.05) is 20.2 Å². The number of methoxy groups -OCH3 is 1. The van der Waals surface area contributed by atoms with Crippen molar-refractivity contribution >= 4 is 35.5 Å². The molecule has 1 aliphatic carbocycles. The predicted molar refractivity (Wildman–Crippen MR) is 186 cm³/mol. The van der Waals surface area contributed by atoms with Crippen LogP contribution in [0.3, 0.4) is 0 Å². The van der Waals surface area contributed by atoms with Crippen LogP contribution in [-0.4, -0.2) is 104 Å². The summed E-state index contributed by atoms with van der Waals surface area (Å²) in [6, 6.07) is 2.41. The molecule has 2 aromatic rings. The average molecular weight is 727 g/mol. The Morgan fingerprint density at radius 2 is 1.79 bits per heavy atom. The summed E-state index contributed by atoms with van der Waals surface area (Å²) < 4.78 is 6.75. The van der Waals surface area contributed by atoms with Gasteiger partial charge in [0.2, 0.25) is 17.6 Å². The van der Waals surface area contributed by atoms with Gasteiger partial charge in [-0.25, -0.2) is 9.48 Å². The van der Waals surface area contributed by atoms with E-state index in [1.165, 1.54) is 22.9 Å². The first-order valence-electron chi connectivity index (χ1n) is 17.7. The summed E-state index contributed by atoms with van der Waals surface area (Å²) in [5.41, 5.74) is 4.60. The van der Waals surface area contributed by atoms with Gasteiger partial charge in [0, 0.05) is 25.1 Å². The lowest BCUT2D eigenvalue weighted by atomic mass is 9.84. The molecule has 1 aromatic heterocycles. The third-order valence-electron chi connectivity index (χ3n) is 9.71. The Kier molecular flexibility index (Phi) is 13.7. The van der Waals surface area contributed by atoms with E-state index in [9.17, 15) is 33.9 Å². The van der Waals surface area contributed by atoms with Crippen LogP contribution in [0.25, 0.3) is 0 Å². The summed E-state index contributed by atoms with van der Waals surface area (Å²) in [4.78, 5) is 79.3. The number of carbonyl (C=O) groups is 6. The second kappa shape index (κ2) is 17.9. The van der Waals surface area contributed by atoms with Gasteiger partial charge < -0.3 is 41.5 Å². The Balaban J connectivity index is 1.65. The molecule has 7 N–H and O–H groups in total. The summed E-state index contributed by atoms with van der Waals surface area (Å²) in [6.45, 7) is 3.18. The topological polar surface area (TPSA) is 248 Å². The zero-order valence-electron chi connectivity index (χ0n) is 29.9. The van der Waals surface area contributed by atoms with Crippen molar-refractivity contribution in [2.45, 2.75) is 108 Å². The van der Waals surface area contributed by atoms with E-state index < -0.39 is 65.3 Å². The summed E-state index contributed by atoms with van der Waals surface area (Å²) in [5.74, 6) is -3.38. The molecule has 52 heavy (non-hydrogen) atoms. The molecule has 0 radical (unpaired) electrons. The molecule has 0 spiro atoms. The molecule has 1 aromatic carbocycles.